The number of aryl methyl sites for hydroxylation is 1. The molecule has 4 nitrogen and oxygen atoms in total. The summed E-state index contributed by atoms with van der Waals surface area (Å²) in [5, 5.41) is 11.2. The van der Waals surface area contributed by atoms with Crippen LogP contribution in [0.3, 0.4) is 0 Å². The van der Waals surface area contributed by atoms with E-state index in [-0.39, 0.29) is 0 Å². The molecule has 0 spiro atoms. The van der Waals surface area contributed by atoms with Gasteiger partial charge in [-0.15, -0.1) is 10.2 Å². The van der Waals surface area contributed by atoms with Crippen LogP contribution >= 0.6 is 0 Å². The first-order valence-corrected chi connectivity index (χ1v) is 5.40. The zero-order valence-electron chi connectivity index (χ0n) is 8.74. The molecule has 1 aromatic heterocycles. The van der Waals surface area contributed by atoms with E-state index in [0.29, 0.717) is 0 Å². The van der Waals surface area contributed by atoms with Crippen molar-refractivity contribution in [3.8, 4) is 0 Å². The summed E-state index contributed by atoms with van der Waals surface area (Å²) in [6.07, 6.45) is 7.35. The molecule has 0 aromatic carbocycles. The van der Waals surface area contributed by atoms with E-state index in [4.69, 9.17) is 0 Å². The normalized spacial score (nSPS) is 16.1. The standard InChI is InChI=1S/C10H18N4/c1-14-8-12-13-10(14)7-11-6-2-3-9-4-5-9/h8-9,11H,2-7H2,1H3. The van der Waals surface area contributed by atoms with Crippen LogP contribution in [0.2, 0.25) is 0 Å². The lowest BCUT2D eigenvalue weighted by Crippen LogP contribution is -2.17. The first-order chi connectivity index (χ1) is 6.86. The van der Waals surface area contributed by atoms with E-state index in [9.17, 15) is 0 Å². The molecule has 0 unspecified atom stereocenters. The topological polar surface area (TPSA) is 42.7 Å². The van der Waals surface area contributed by atoms with Gasteiger partial charge in [0.2, 0.25) is 0 Å². The van der Waals surface area contributed by atoms with Crippen LogP contribution in [0.15, 0.2) is 6.33 Å². The van der Waals surface area contributed by atoms with E-state index in [1.54, 1.807) is 6.33 Å². The van der Waals surface area contributed by atoms with Crippen molar-refractivity contribution in [2.45, 2.75) is 32.2 Å². The minimum Gasteiger partial charge on any atom is -0.320 e. The van der Waals surface area contributed by atoms with E-state index in [1.165, 1.54) is 25.7 Å². The van der Waals surface area contributed by atoms with Gasteiger partial charge >= 0.3 is 0 Å². The molecule has 1 aromatic rings. The summed E-state index contributed by atoms with van der Waals surface area (Å²) in [7, 11) is 1.97. The maximum Gasteiger partial charge on any atom is 0.146 e. The molecule has 1 saturated carbocycles. The van der Waals surface area contributed by atoms with Gasteiger partial charge in [0.25, 0.3) is 0 Å². The van der Waals surface area contributed by atoms with Gasteiger partial charge in [-0.05, 0) is 25.3 Å². The number of hydrogen-bond donors (Lipinski definition) is 1. The largest absolute Gasteiger partial charge is 0.320 e. The Bertz CT molecular complexity index is 277. The van der Waals surface area contributed by atoms with Gasteiger partial charge in [-0.1, -0.05) is 12.8 Å². The predicted octanol–water partition coefficient (Wildman–Crippen LogP) is 1.09. The highest BCUT2D eigenvalue weighted by Gasteiger charge is 2.19. The first kappa shape index (κ1) is 9.65. The minimum absolute atomic E-state index is 0.834. The Morgan fingerprint density at radius 3 is 3.07 bits per heavy atom. The van der Waals surface area contributed by atoms with Crippen molar-refractivity contribution in [2.75, 3.05) is 6.54 Å². The lowest BCUT2D eigenvalue weighted by atomic mass is 10.2. The molecule has 0 amide bonds. The Morgan fingerprint density at radius 2 is 2.43 bits per heavy atom. The summed E-state index contributed by atoms with van der Waals surface area (Å²) in [6, 6.07) is 0. The maximum atomic E-state index is 4.01. The highest BCUT2D eigenvalue weighted by atomic mass is 15.3. The van der Waals surface area contributed by atoms with Gasteiger partial charge < -0.3 is 9.88 Å². The highest BCUT2D eigenvalue weighted by Crippen LogP contribution is 2.33. The molecule has 1 N–H and O–H groups in total. The third kappa shape index (κ3) is 2.80. The molecule has 0 bridgehead atoms. The first-order valence-electron chi connectivity index (χ1n) is 5.40. The summed E-state index contributed by atoms with van der Waals surface area (Å²) < 4.78 is 1.95. The van der Waals surface area contributed by atoms with E-state index >= 15 is 0 Å². The third-order valence-corrected chi connectivity index (χ3v) is 2.75. The van der Waals surface area contributed by atoms with Crippen molar-refractivity contribution in [1.82, 2.24) is 20.1 Å². The monoisotopic (exact) mass is 194 g/mol. The Balaban J connectivity index is 1.56. The fraction of sp³-hybridized carbons (Fsp3) is 0.800. The second-order valence-corrected chi connectivity index (χ2v) is 4.12. The molecule has 1 fully saturated rings. The summed E-state index contributed by atoms with van der Waals surface area (Å²) in [5.74, 6) is 2.06. The van der Waals surface area contributed by atoms with Gasteiger partial charge in [-0.3, -0.25) is 0 Å². The van der Waals surface area contributed by atoms with E-state index in [0.717, 1.165) is 24.8 Å². The van der Waals surface area contributed by atoms with Gasteiger partial charge in [-0.2, -0.15) is 0 Å². The Morgan fingerprint density at radius 1 is 1.57 bits per heavy atom. The molecule has 4 heteroatoms. The molecule has 78 valence electrons. The molecule has 2 rings (SSSR count). The maximum absolute atomic E-state index is 4.01. The summed E-state index contributed by atoms with van der Waals surface area (Å²) in [5.41, 5.74) is 0. The molecule has 1 heterocycles. The fourth-order valence-electron chi connectivity index (χ4n) is 1.59. The van der Waals surface area contributed by atoms with Gasteiger partial charge in [0.15, 0.2) is 0 Å². The lowest BCUT2D eigenvalue weighted by Gasteiger charge is -2.03. The molecule has 14 heavy (non-hydrogen) atoms. The van der Waals surface area contributed by atoms with Crippen LogP contribution in [0.4, 0.5) is 0 Å². The van der Waals surface area contributed by atoms with Gasteiger partial charge in [0.1, 0.15) is 12.2 Å². The molecule has 0 atom stereocenters. The molecular formula is C10H18N4. The molecule has 0 radical (unpaired) electrons. The van der Waals surface area contributed by atoms with Gasteiger partial charge in [-0.25, -0.2) is 0 Å². The van der Waals surface area contributed by atoms with Crippen molar-refractivity contribution >= 4 is 0 Å². The predicted molar refractivity (Wildman–Crippen MR) is 54.7 cm³/mol. The van der Waals surface area contributed by atoms with E-state index in [1.807, 2.05) is 11.6 Å². The molecule has 0 saturated heterocycles. The number of aromatic nitrogens is 3. The average Bonchev–Trinajstić information content (AvgIpc) is 2.91. The van der Waals surface area contributed by atoms with Crippen LogP contribution in [-0.4, -0.2) is 21.3 Å². The van der Waals surface area contributed by atoms with Crippen LogP contribution in [0.1, 0.15) is 31.5 Å². The molecule has 1 aliphatic rings. The summed E-state index contributed by atoms with van der Waals surface area (Å²) in [6.45, 7) is 1.94. The summed E-state index contributed by atoms with van der Waals surface area (Å²) in [4.78, 5) is 0. The smallest absolute Gasteiger partial charge is 0.146 e. The van der Waals surface area contributed by atoms with Crippen molar-refractivity contribution in [3.05, 3.63) is 12.2 Å². The van der Waals surface area contributed by atoms with Crippen LogP contribution in [0, 0.1) is 5.92 Å². The zero-order chi connectivity index (χ0) is 9.80. The quantitative estimate of drug-likeness (QED) is 0.689. The lowest BCUT2D eigenvalue weighted by molar-refractivity contribution is 0.575. The SMILES string of the molecule is Cn1cnnc1CNCCCC1CC1. The van der Waals surface area contributed by atoms with Crippen LogP contribution in [0.25, 0.3) is 0 Å². The molecular weight excluding hydrogens is 176 g/mol. The number of rotatable bonds is 6. The second kappa shape index (κ2) is 4.55. The molecule has 1 aliphatic carbocycles. The highest BCUT2D eigenvalue weighted by molar-refractivity contribution is 4.83. The van der Waals surface area contributed by atoms with Gasteiger partial charge in [0.05, 0.1) is 6.54 Å². The Hall–Kier alpha value is -0.900. The minimum atomic E-state index is 0.834. The zero-order valence-corrected chi connectivity index (χ0v) is 8.74. The number of nitrogens with one attached hydrogen (secondary N) is 1. The van der Waals surface area contributed by atoms with Crippen molar-refractivity contribution < 1.29 is 0 Å². The van der Waals surface area contributed by atoms with E-state index in [2.05, 4.69) is 15.5 Å². The number of hydrogen-bond acceptors (Lipinski definition) is 3. The van der Waals surface area contributed by atoms with E-state index < -0.39 is 0 Å². The number of nitrogens with zero attached hydrogens (tertiary/aromatic N) is 3. The fourth-order valence-corrected chi connectivity index (χ4v) is 1.59. The van der Waals surface area contributed by atoms with Crippen molar-refractivity contribution in [3.63, 3.8) is 0 Å². The van der Waals surface area contributed by atoms with Crippen LogP contribution in [0.5, 0.6) is 0 Å². The third-order valence-electron chi connectivity index (χ3n) is 2.75. The second-order valence-electron chi connectivity index (χ2n) is 4.12. The Kier molecular flexibility index (Phi) is 3.14. The van der Waals surface area contributed by atoms with Crippen LogP contribution in [-0.2, 0) is 13.6 Å². The van der Waals surface area contributed by atoms with Crippen molar-refractivity contribution in [1.29, 1.82) is 0 Å². The Labute approximate surface area is 84.7 Å². The van der Waals surface area contributed by atoms with Crippen molar-refractivity contribution in [2.24, 2.45) is 13.0 Å². The molecule has 0 aliphatic heterocycles. The van der Waals surface area contributed by atoms with Gasteiger partial charge in [0, 0.05) is 7.05 Å². The average molecular weight is 194 g/mol. The van der Waals surface area contributed by atoms with Crippen LogP contribution < -0.4 is 5.32 Å². The summed E-state index contributed by atoms with van der Waals surface area (Å²) >= 11 is 0.